The maximum Gasteiger partial charge on any atom is 0.303 e. The Labute approximate surface area is 250 Å². The Morgan fingerprint density at radius 1 is 0.976 bits per heavy atom. The lowest BCUT2D eigenvalue weighted by molar-refractivity contribution is -0.438. The number of carboxylic acid groups (broad SMARTS) is 1. The number of aliphatic carboxylic acids is 1. The van der Waals surface area contributed by atoms with Gasteiger partial charge in [0, 0.05) is 53.9 Å². The molecule has 0 spiro atoms. The molecule has 0 atom stereocenters. The minimum atomic E-state index is -3.96. The fourth-order valence-electron chi connectivity index (χ4n) is 6.26. The molecule has 0 bridgehead atoms. The molecule has 2 aromatic rings. The van der Waals surface area contributed by atoms with Gasteiger partial charge in [-0.3, -0.25) is 9.35 Å². The van der Waals surface area contributed by atoms with E-state index in [9.17, 15) is 13.2 Å². The third kappa shape index (κ3) is 6.60. The number of likely N-dealkylation sites (N-methyl/N-ethyl adjacent to an activating group) is 1. The van der Waals surface area contributed by atoms with Crippen molar-refractivity contribution in [1.82, 2.24) is 0 Å². The predicted octanol–water partition coefficient (Wildman–Crippen LogP) is 6.56. The average Bonchev–Trinajstić information content (AvgIpc) is 3.27. The molecule has 0 aromatic heterocycles. The second-order valence-electron chi connectivity index (χ2n) is 12.1. The number of unbranched alkanes of at least 4 members (excludes halogenated alkanes) is 1. The molecule has 2 heterocycles. The number of benzene rings is 2. The Bertz CT molecular complexity index is 1580. The molecule has 0 amide bonds. The van der Waals surface area contributed by atoms with E-state index in [1.165, 1.54) is 22.5 Å². The number of fused-ring (bicyclic) bond motifs is 2. The predicted molar refractivity (Wildman–Crippen MR) is 170 cm³/mol. The number of para-hydroxylation sites is 1. The SMILES string of the molecule is CCN1/C(=C/C=C/C=C/C2=[N+](CCCCS(=O)(=O)O)c3ccccc3C2(C)C)C(C)(C)c2cc(CCC(=O)O)ccc21. The zero-order valence-corrected chi connectivity index (χ0v) is 26.1. The normalized spacial score (nSPS) is 18.4. The van der Waals surface area contributed by atoms with Gasteiger partial charge in [-0.1, -0.05) is 62.4 Å². The molecule has 0 saturated heterocycles. The minimum Gasteiger partial charge on any atom is -0.481 e. The van der Waals surface area contributed by atoms with Crippen molar-refractivity contribution in [2.75, 3.05) is 23.7 Å². The summed E-state index contributed by atoms with van der Waals surface area (Å²) in [6.45, 7) is 12.5. The monoisotopic (exact) mass is 591 g/mol. The van der Waals surface area contributed by atoms with E-state index >= 15 is 0 Å². The number of allylic oxidation sites excluding steroid dienone is 6. The maximum absolute atomic E-state index is 11.2. The molecule has 4 rings (SSSR count). The van der Waals surface area contributed by atoms with E-state index in [-0.39, 0.29) is 23.0 Å². The van der Waals surface area contributed by atoms with Crippen LogP contribution in [0.25, 0.3) is 0 Å². The number of hydrogen-bond acceptors (Lipinski definition) is 4. The Morgan fingerprint density at radius 2 is 1.71 bits per heavy atom. The van der Waals surface area contributed by atoms with Crippen molar-refractivity contribution in [1.29, 1.82) is 0 Å². The van der Waals surface area contributed by atoms with Crippen LogP contribution in [0.5, 0.6) is 0 Å². The molecule has 0 saturated carbocycles. The Hall–Kier alpha value is -3.49. The summed E-state index contributed by atoms with van der Waals surface area (Å²) in [4.78, 5) is 13.4. The Balaban J connectivity index is 1.57. The fraction of sp³-hybridized carbons (Fsp3) is 0.412. The van der Waals surface area contributed by atoms with Gasteiger partial charge in [0.25, 0.3) is 10.1 Å². The van der Waals surface area contributed by atoms with Crippen molar-refractivity contribution < 1.29 is 27.4 Å². The van der Waals surface area contributed by atoms with E-state index in [1.54, 1.807) is 0 Å². The van der Waals surface area contributed by atoms with Gasteiger partial charge in [0.05, 0.1) is 11.2 Å². The van der Waals surface area contributed by atoms with Gasteiger partial charge >= 0.3 is 5.97 Å². The van der Waals surface area contributed by atoms with Crippen molar-refractivity contribution in [3.8, 4) is 0 Å². The summed E-state index contributed by atoms with van der Waals surface area (Å²) in [7, 11) is -3.96. The summed E-state index contributed by atoms with van der Waals surface area (Å²) >= 11 is 0. The third-order valence-electron chi connectivity index (χ3n) is 8.46. The van der Waals surface area contributed by atoms with Crippen LogP contribution in [0.1, 0.15) is 70.6 Å². The molecular weight excluding hydrogens is 548 g/mol. The number of anilines is 1. The Morgan fingerprint density at radius 3 is 2.40 bits per heavy atom. The second-order valence-corrected chi connectivity index (χ2v) is 13.7. The largest absolute Gasteiger partial charge is 0.481 e. The highest BCUT2D eigenvalue weighted by molar-refractivity contribution is 7.85. The molecular formula is C34H43N2O5S+. The van der Waals surface area contributed by atoms with Crippen LogP contribution < -0.4 is 4.90 Å². The van der Waals surface area contributed by atoms with E-state index in [0.717, 1.165) is 23.5 Å². The van der Waals surface area contributed by atoms with Gasteiger partial charge in [-0.05, 0) is 56.9 Å². The highest BCUT2D eigenvalue weighted by atomic mass is 32.2. The molecule has 0 radical (unpaired) electrons. The lowest BCUT2D eigenvalue weighted by atomic mass is 9.81. The van der Waals surface area contributed by atoms with Gasteiger partial charge in [0.15, 0.2) is 5.71 Å². The summed E-state index contributed by atoms with van der Waals surface area (Å²) in [5.74, 6) is -1.01. The second kappa shape index (κ2) is 12.4. The molecule has 7 nitrogen and oxygen atoms in total. The number of carbonyl (C=O) groups is 1. The Kier molecular flexibility index (Phi) is 9.28. The molecule has 224 valence electrons. The van der Waals surface area contributed by atoms with Crippen molar-refractivity contribution in [2.45, 2.75) is 71.1 Å². The molecule has 42 heavy (non-hydrogen) atoms. The van der Waals surface area contributed by atoms with E-state index in [0.29, 0.717) is 25.8 Å². The first-order valence-electron chi connectivity index (χ1n) is 14.6. The summed E-state index contributed by atoms with van der Waals surface area (Å²) in [6.07, 6.45) is 12.2. The van der Waals surface area contributed by atoms with E-state index in [2.05, 4.69) is 92.7 Å². The molecule has 0 unspecified atom stereocenters. The lowest BCUT2D eigenvalue weighted by Crippen LogP contribution is -2.28. The van der Waals surface area contributed by atoms with Gasteiger partial charge in [0.1, 0.15) is 6.54 Å². The molecule has 2 N–H and O–H groups in total. The fourth-order valence-corrected chi connectivity index (χ4v) is 6.83. The molecule has 0 fully saturated rings. The number of nitrogens with zero attached hydrogens (tertiary/aromatic N) is 2. The van der Waals surface area contributed by atoms with Crippen LogP contribution in [0.2, 0.25) is 0 Å². The molecule has 8 heteroatoms. The molecule has 2 aliphatic rings. The van der Waals surface area contributed by atoms with E-state index in [4.69, 9.17) is 9.66 Å². The molecule has 2 aromatic carbocycles. The van der Waals surface area contributed by atoms with Crippen LogP contribution in [-0.2, 0) is 32.2 Å². The number of carboxylic acids is 1. The lowest BCUT2D eigenvalue weighted by Gasteiger charge is -2.25. The first-order chi connectivity index (χ1) is 19.8. The average molecular weight is 592 g/mol. The van der Waals surface area contributed by atoms with Crippen molar-refractivity contribution in [3.05, 3.63) is 95.2 Å². The zero-order valence-electron chi connectivity index (χ0n) is 25.3. The third-order valence-corrected chi connectivity index (χ3v) is 9.27. The molecule has 2 aliphatic heterocycles. The highest BCUT2D eigenvalue weighted by Crippen LogP contribution is 2.48. The number of aryl methyl sites for hydroxylation is 1. The van der Waals surface area contributed by atoms with Gasteiger partial charge in [-0.25, -0.2) is 0 Å². The van der Waals surface area contributed by atoms with Gasteiger partial charge in [0.2, 0.25) is 5.69 Å². The van der Waals surface area contributed by atoms with Gasteiger partial charge in [-0.15, -0.1) is 0 Å². The number of hydrogen-bond donors (Lipinski definition) is 2. The van der Waals surface area contributed by atoms with Crippen molar-refractivity contribution in [3.63, 3.8) is 0 Å². The standard InChI is InChI=1S/C34H42N2O5S/c1-6-35-29-20-18-25(19-21-32(37)38)24-27(29)34(4,5)30(35)16-8-7-9-17-31-33(2,3)26-14-10-11-15-28(26)36(31)22-12-13-23-42(39,40)41/h7-11,14-18,20,24H,6,12-13,19,21-23H2,1-5H3,(H-,37,38,39,40,41)/p+1. The van der Waals surface area contributed by atoms with Crippen molar-refractivity contribution in [2.24, 2.45) is 0 Å². The number of rotatable bonds is 12. The zero-order chi connectivity index (χ0) is 30.7. The van der Waals surface area contributed by atoms with Crippen LogP contribution in [0, 0.1) is 0 Å². The van der Waals surface area contributed by atoms with Crippen LogP contribution >= 0.6 is 0 Å². The maximum atomic E-state index is 11.2. The van der Waals surface area contributed by atoms with Crippen LogP contribution in [0.4, 0.5) is 11.4 Å². The topological polar surface area (TPSA) is 97.9 Å². The van der Waals surface area contributed by atoms with E-state index < -0.39 is 16.1 Å². The summed E-state index contributed by atoms with van der Waals surface area (Å²) in [5.41, 5.74) is 7.70. The summed E-state index contributed by atoms with van der Waals surface area (Å²) < 4.78 is 33.8. The van der Waals surface area contributed by atoms with Crippen LogP contribution in [0.15, 0.2) is 78.5 Å². The van der Waals surface area contributed by atoms with Gasteiger partial charge in [-0.2, -0.15) is 13.0 Å². The summed E-state index contributed by atoms with van der Waals surface area (Å²) in [5, 5.41) is 9.10. The van der Waals surface area contributed by atoms with E-state index in [1.807, 2.05) is 24.3 Å². The van der Waals surface area contributed by atoms with Crippen molar-refractivity contribution >= 4 is 33.2 Å². The summed E-state index contributed by atoms with van der Waals surface area (Å²) in [6, 6.07) is 14.6. The van der Waals surface area contributed by atoms with Crippen LogP contribution in [0.3, 0.4) is 0 Å². The minimum absolute atomic E-state index is 0.122. The quantitative estimate of drug-likeness (QED) is 0.126. The first kappa shape index (κ1) is 31.4. The van der Waals surface area contributed by atoms with Gasteiger partial charge < -0.3 is 10.0 Å². The molecule has 0 aliphatic carbocycles. The smallest absolute Gasteiger partial charge is 0.303 e. The first-order valence-corrected chi connectivity index (χ1v) is 16.3. The van der Waals surface area contributed by atoms with Crippen LogP contribution in [-0.4, -0.2) is 53.2 Å². The highest BCUT2D eigenvalue weighted by Gasteiger charge is 2.44.